The van der Waals surface area contributed by atoms with Crippen LogP contribution in [0.3, 0.4) is 0 Å². The van der Waals surface area contributed by atoms with Crippen molar-refractivity contribution in [3.63, 3.8) is 0 Å². The van der Waals surface area contributed by atoms with E-state index in [0.717, 1.165) is 5.56 Å². The monoisotopic (exact) mass is 403 g/mol. The number of benzene rings is 3. The van der Waals surface area contributed by atoms with Crippen LogP contribution in [-0.2, 0) is 0 Å². The van der Waals surface area contributed by atoms with Crippen molar-refractivity contribution in [3.05, 3.63) is 105 Å². The largest absolute Gasteiger partial charge is 0.423 e. The van der Waals surface area contributed by atoms with Gasteiger partial charge >= 0.3 is 5.97 Å². The molecule has 30 heavy (non-hydrogen) atoms. The normalized spacial score (nSPS) is 10.6. The number of rotatable bonds is 6. The Morgan fingerprint density at radius 3 is 2.13 bits per heavy atom. The predicted octanol–water partition coefficient (Wildman–Crippen LogP) is 3.89. The maximum atomic E-state index is 12.1. The molecular formula is C22H17N3O5. The van der Waals surface area contributed by atoms with Gasteiger partial charge in [0, 0.05) is 17.7 Å². The van der Waals surface area contributed by atoms with Crippen LogP contribution in [0.2, 0.25) is 0 Å². The number of carbonyl (C=O) groups is 2. The molecule has 0 atom stereocenters. The van der Waals surface area contributed by atoms with Gasteiger partial charge in [0.25, 0.3) is 11.6 Å². The number of nitro benzene ring substituents is 1. The van der Waals surface area contributed by atoms with Gasteiger partial charge in [-0.25, -0.2) is 10.2 Å². The minimum Gasteiger partial charge on any atom is -0.423 e. The molecule has 0 aliphatic heterocycles. The van der Waals surface area contributed by atoms with Crippen molar-refractivity contribution in [2.45, 2.75) is 6.92 Å². The quantitative estimate of drug-likeness (QED) is 0.221. The summed E-state index contributed by atoms with van der Waals surface area (Å²) in [4.78, 5) is 34.2. The Hall–Kier alpha value is -4.33. The molecule has 8 nitrogen and oxygen atoms in total. The van der Waals surface area contributed by atoms with Crippen molar-refractivity contribution in [2.75, 3.05) is 0 Å². The first kappa shape index (κ1) is 20.4. The molecule has 0 spiro atoms. The third kappa shape index (κ3) is 5.35. The molecule has 0 saturated heterocycles. The van der Waals surface area contributed by atoms with Crippen LogP contribution in [-0.4, -0.2) is 23.0 Å². The van der Waals surface area contributed by atoms with Crippen LogP contribution in [0.15, 0.2) is 77.9 Å². The maximum Gasteiger partial charge on any atom is 0.343 e. The molecule has 0 bridgehead atoms. The topological polar surface area (TPSA) is 111 Å². The molecule has 3 rings (SSSR count). The van der Waals surface area contributed by atoms with Crippen molar-refractivity contribution in [3.8, 4) is 5.75 Å². The molecule has 3 aromatic carbocycles. The molecule has 8 heteroatoms. The first-order valence-electron chi connectivity index (χ1n) is 8.89. The second-order valence-corrected chi connectivity index (χ2v) is 6.33. The van der Waals surface area contributed by atoms with Crippen LogP contribution in [0.4, 0.5) is 5.69 Å². The van der Waals surface area contributed by atoms with E-state index in [1.54, 1.807) is 36.4 Å². The van der Waals surface area contributed by atoms with Crippen molar-refractivity contribution in [1.82, 2.24) is 5.43 Å². The zero-order chi connectivity index (χ0) is 21.5. The summed E-state index contributed by atoms with van der Waals surface area (Å²) < 4.78 is 5.32. The Balaban J connectivity index is 1.55. The van der Waals surface area contributed by atoms with Gasteiger partial charge in [-0.1, -0.05) is 17.7 Å². The van der Waals surface area contributed by atoms with Crippen LogP contribution >= 0.6 is 0 Å². The average molecular weight is 403 g/mol. The Morgan fingerprint density at radius 1 is 0.933 bits per heavy atom. The number of ether oxygens (including phenoxy) is 1. The molecule has 0 fully saturated rings. The predicted molar refractivity (Wildman–Crippen MR) is 111 cm³/mol. The summed E-state index contributed by atoms with van der Waals surface area (Å²) in [5.74, 6) is -0.566. The van der Waals surface area contributed by atoms with Crippen molar-refractivity contribution in [2.24, 2.45) is 5.10 Å². The van der Waals surface area contributed by atoms with Gasteiger partial charge in [-0.2, -0.15) is 5.10 Å². The van der Waals surface area contributed by atoms with Crippen molar-refractivity contribution in [1.29, 1.82) is 0 Å². The van der Waals surface area contributed by atoms with E-state index in [1.807, 2.05) is 19.1 Å². The molecule has 3 aromatic rings. The second-order valence-electron chi connectivity index (χ2n) is 6.33. The molecule has 0 aromatic heterocycles. The zero-order valence-corrected chi connectivity index (χ0v) is 15.9. The number of nitrogens with one attached hydrogen (secondary N) is 1. The molecule has 0 unspecified atom stereocenters. The smallest absolute Gasteiger partial charge is 0.343 e. The van der Waals surface area contributed by atoms with Crippen molar-refractivity contribution < 1.29 is 19.2 Å². The molecule has 150 valence electrons. The highest BCUT2D eigenvalue weighted by atomic mass is 16.6. The number of hydrazone groups is 1. The van der Waals surface area contributed by atoms with E-state index < -0.39 is 16.8 Å². The molecule has 0 heterocycles. The van der Waals surface area contributed by atoms with Gasteiger partial charge in [0.05, 0.1) is 16.7 Å². The summed E-state index contributed by atoms with van der Waals surface area (Å²) in [7, 11) is 0. The standard InChI is InChI=1S/C22H17N3O5/c1-15-2-6-18(7-3-15)22(27)30-20-12-4-16(5-13-20)14-23-24-21(26)17-8-10-19(11-9-17)25(28)29/h2-14H,1H3,(H,24,26)/b23-14+. The van der Waals surface area contributed by atoms with Gasteiger partial charge in [-0.3, -0.25) is 14.9 Å². The summed E-state index contributed by atoms with van der Waals surface area (Å²) in [6.45, 7) is 1.93. The summed E-state index contributed by atoms with van der Waals surface area (Å²) in [5, 5.41) is 14.5. The third-order valence-corrected chi connectivity index (χ3v) is 4.10. The Kier molecular flexibility index (Phi) is 6.29. The van der Waals surface area contributed by atoms with Gasteiger partial charge in [0.15, 0.2) is 0 Å². The Bertz CT molecular complexity index is 1090. The SMILES string of the molecule is Cc1ccc(C(=O)Oc2ccc(/C=N/NC(=O)c3ccc([N+](=O)[O-])cc3)cc2)cc1. The van der Waals surface area contributed by atoms with E-state index in [1.165, 1.54) is 30.5 Å². The molecule has 0 aliphatic rings. The molecule has 0 saturated carbocycles. The fraction of sp³-hybridized carbons (Fsp3) is 0.0455. The average Bonchev–Trinajstić information content (AvgIpc) is 2.75. The first-order chi connectivity index (χ1) is 14.4. The number of aryl methyl sites for hydroxylation is 1. The maximum absolute atomic E-state index is 12.1. The Morgan fingerprint density at radius 2 is 1.53 bits per heavy atom. The lowest BCUT2D eigenvalue weighted by Crippen LogP contribution is -2.17. The molecule has 0 radical (unpaired) electrons. The number of esters is 1. The van der Waals surface area contributed by atoms with Gasteiger partial charge < -0.3 is 4.74 Å². The summed E-state index contributed by atoms with van der Waals surface area (Å²) >= 11 is 0. The fourth-order valence-electron chi connectivity index (χ4n) is 2.44. The minimum absolute atomic E-state index is 0.0989. The number of carbonyl (C=O) groups excluding carboxylic acids is 2. The van der Waals surface area contributed by atoms with E-state index >= 15 is 0 Å². The number of non-ortho nitro benzene ring substituents is 1. The molecule has 0 aliphatic carbocycles. The van der Waals surface area contributed by atoms with Crippen molar-refractivity contribution >= 4 is 23.8 Å². The second kappa shape index (κ2) is 9.24. The van der Waals surface area contributed by atoms with Gasteiger partial charge in [0.2, 0.25) is 0 Å². The van der Waals surface area contributed by atoms with Gasteiger partial charge in [-0.05, 0) is 61.0 Å². The van der Waals surface area contributed by atoms with E-state index in [4.69, 9.17) is 4.74 Å². The molecule has 1 N–H and O–H groups in total. The highest BCUT2D eigenvalue weighted by Crippen LogP contribution is 2.14. The summed E-state index contributed by atoms with van der Waals surface area (Å²) in [6.07, 6.45) is 1.43. The van der Waals surface area contributed by atoms with E-state index in [-0.39, 0.29) is 11.3 Å². The highest BCUT2D eigenvalue weighted by Gasteiger charge is 2.09. The lowest BCUT2D eigenvalue weighted by atomic mass is 10.1. The van der Waals surface area contributed by atoms with E-state index in [2.05, 4.69) is 10.5 Å². The summed E-state index contributed by atoms with van der Waals surface area (Å²) in [6, 6.07) is 18.8. The molecule has 1 amide bonds. The zero-order valence-electron chi connectivity index (χ0n) is 15.9. The minimum atomic E-state index is -0.540. The molecular weight excluding hydrogens is 386 g/mol. The van der Waals surface area contributed by atoms with Crippen LogP contribution in [0, 0.1) is 17.0 Å². The third-order valence-electron chi connectivity index (χ3n) is 4.10. The number of hydrogen-bond acceptors (Lipinski definition) is 6. The van der Waals surface area contributed by atoms with Crippen LogP contribution in [0.25, 0.3) is 0 Å². The highest BCUT2D eigenvalue weighted by molar-refractivity contribution is 5.95. The van der Waals surface area contributed by atoms with Gasteiger partial charge in [-0.15, -0.1) is 0 Å². The number of nitrogens with zero attached hydrogens (tertiary/aromatic N) is 2. The first-order valence-corrected chi connectivity index (χ1v) is 8.89. The van der Waals surface area contributed by atoms with Crippen LogP contribution in [0.5, 0.6) is 5.75 Å². The van der Waals surface area contributed by atoms with Crippen LogP contribution < -0.4 is 10.2 Å². The summed E-state index contributed by atoms with van der Waals surface area (Å²) in [5.41, 5.74) is 4.68. The number of amides is 1. The van der Waals surface area contributed by atoms with Crippen LogP contribution in [0.1, 0.15) is 31.8 Å². The van der Waals surface area contributed by atoms with E-state index in [9.17, 15) is 19.7 Å². The lowest BCUT2D eigenvalue weighted by molar-refractivity contribution is -0.384. The van der Waals surface area contributed by atoms with Gasteiger partial charge in [0.1, 0.15) is 5.75 Å². The Labute approximate surface area is 172 Å². The fourth-order valence-corrected chi connectivity index (χ4v) is 2.44. The van der Waals surface area contributed by atoms with E-state index in [0.29, 0.717) is 16.9 Å². The lowest BCUT2D eigenvalue weighted by Gasteiger charge is -2.05. The number of hydrogen-bond donors (Lipinski definition) is 1. The number of nitro groups is 1.